The second kappa shape index (κ2) is 9.80. The maximum absolute atomic E-state index is 12.5. The molecule has 0 unspecified atom stereocenters. The molecule has 0 aromatic heterocycles. The van der Waals surface area contributed by atoms with E-state index in [-0.39, 0.29) is 12.6 Å². The lowest BCUT2D eigenvalue weighted by molar-refractivity contribution is -0.139. The predicted octanol–water partition coefficient (Wildman–Crippen LogP) is 1.48. The number of nitrogens with one attached hydrogen (secondary N) is 3. The fourth-order valence-corrected chi connectivity index (χ4v) is 2.66. The summed E-state index contributed by atoms with van der Waals surface area (Å²) < 4.78 is 10.2. The van der Waals surface area contributed by atoms with Gasteiger partial charge in [0.15, 0.2) is 0 Å². The first-order chi connectivity index (χ1) is 12.2. The zero-order valence-corrected chi connectivity index (χ0v) is 14.6. The van der Waals surface area contributed by atoms with E-state index in [4.69, 9.17) is 9.47 Å². The van der Waals surface area contributed by atoms with Crippen molar-refractivity contribution < 1.29 is 19.1 Å². The number of ether oxygens (including phenoxy) is 2. The van der Waals surface area contributed by atoms with Gasteiger partial charge >= 0.3 is 12.0 Å². The Morgan fingerprint density at radius 2 is 2.04 bits per heavy atom. The number of urea groups is 1. The Morgan fingerprint density at radius 3 is 2.72 bits per heavy atom. The zero-order chi connectivity index (χ0) is 18.1. The first-order valence-electron chi connectivity index (χ1n) is 8.39. The Kier molecular flexibility index (Phi) is 7.43. The minimum atomic E-state index is -0.537. The van der Waals surface area contributed by atoms with Gasteiger partial charge in [-0.05, 0) is 25.5 Å². The summed E-state index contributed by atoms with van der Waals surface area (Å²) in [6, 6.07) is 8.50. The Hall–Kier alpha value is -2.38. The highest BCUT2D eigenvalue weighted by molar-refractivity contribution is 5.95. The van der Waals surface area contributed by atoms with Crippen LogP contribution in [0, 0.1) is 0 Å². The zero-order valence-electron chi connectivity index (χ0n) is 14.6. The SMILES string of the molecule is CCOC(=O)C1=C(CNCCCOC)NC(=O)N[C@H]1c1ccccc1. The predicted molar refractivity (Wildman–Crippen MR) is 93.9 cm³/mol. The molecule has 7 nitrogen and oxygen atoms in total. The second-order valence-corrected chi connectivity index (χ2v) is 5.58. The summed E-state index contributed by atoms with van der Waals surface area (Å²) in [6.45, 7) is 3.76. The highest BCUT2D eigenvalue weighted by Crippen LogP contribution is 2.27. The highest BCUT2D eigenvalue weighted by atomic mass is 16.5. The van der Waals surface area contributed by atoms with Gasteiger partial charge < -0.3 is 25.4 Å². The van der Waals surface area contributed by atoms with Crippen molar-refractivity contribution in [2.45, 2.75) is 19.4 Å². The molecule has 2 amide bonds. The summed E-state index contributed by atoms with van der Waals surface area (Å²) in [5.41, 5.74) is 1.79. The molecule has 0 saturated heterocycles. The molecule has 1 aliphatic heterocycles. The Balaban J connectivity index is 2.25. The highest BCUT2D eigenvalue weighted by Gasteiger charge is 2.33. The molecular formula is C18H25N3O4. The average Bonchev–Trinajstić information content (AvgIpc) is 2.62. The van der Waals surface area contributed by atoms with Gasteiger partial charge in [-0.2, -0.15) is 0 Å². The van der Waals surface area contributed by atoms with Gasteiger partial charge in [-0.3, -0.25) is 0 Å². The average molecular weight is 347 g/mol. The van der Waals surface area contributed by atoms with E-state index in [0.717, 1.165) is 12.0 Å². The molecule has 1 aromatic rings. The first kappa shape index (κ1) is 19.0. The lowest BCUT2D eigenvalue weighted by Crippen LogP contribution is -2.48. The molecular weight excluding hydrogens is 322 g/mol. The fourth-order valence-electron chi connectivity index (χ4n) is 2.66. The van der Waals surface area contributed by atoms with Gasteiger partial charge in [0.25, 0.3) is 0 Å². The van der Waals surface area contributed by atoms with Crippen molar-refractivity contribution in [1.82, 2.24) is 16.0 Å². The monoisotopic (exact) mass is 347 g/mol. The lowest BCUT2D eigenvalue weighted by atomic mass is 9.95. The fraction of sp³-hybridized carbons (Fsp3) is 0.444. The summed E-state index contributed by atoms with van der Waals surface area (Å²) in [5.74, 6) is -0.433. The number of hydrogen-bond donors (Lipinski definition) is 3. The lowest BCUT2D eigenvalue weighted by Gasteiger charge is -2.29. The minimum absolute atomic E-state index is 0.270. The molecule has 0 fully saturated rings. The largest absolute Gasteiger partial charge is 0.463 e. The van der Waals surface area contributed by atoms with E-state index < -0.39 is 12.0 Å². The van der Waals surface area contributed by atoms with E-state index in [9.17, 15) is 9.59 Å². The van der Waals surface area contributed by atoms with E-state index >= 15 is 0 Å². The third-order valence-corrected chi connectivity index (χ3v) is 3.79. The quantitative estimate of drug-likeness (QED) is 0.465. The third kappa shape index (κ3) is 5.30. The smallest absolute Gasteiger partial charge is 0.338 e. The maximum Gasteiger partial charge on any atom is 0.338 e. The molecule has 0 bridgehead atoms. The van der Waals surface area contributed by atoms with Crippen molar-refractivity contribution in [3.63, 3.8) is 0 Å². The van der Waals surface area contributed by atoms with Crippen LogP contribution in [0.25, 0.3) is 0 Å². The van der Waals surface area contributed by atoms with Crippen LogP contribution < -0.4 is 16.0 Å². The number of carbonyl (C=O) groups excluding carboxylic acids is 2. The van der Waals surface area contributed by atoms with Crippen molar-refractivity contribution >= 4 is 12.0 Å². The molecule has 1 atom stereocenters. The van der Waals surface area contributed by atoms with Crippen molar-refractivity contribution in [2.75, 3.05) is 33.4 Å². The molecule has 1 heterocycles. The van der Waals surface area contributed by atoms with Crippen LogP contribution in [0.1, 0.15) is 24.9 Å². The van der Waals surface area contributed by atoms with E-state index in [0.29, 0.717) is 31.0 Å². The van der Waals surface area contributed by atoms with Gasteiger partial charge in [-0.25, -0.2) is 9.59 Å². The summed E-state index contributed by atoms with van der Waals surface area (Å²) in [6.07, 6.45) is 0.840. The number of rotatable bonds is 9. The number of hydrogen-bond acceptors (Lipinski definition) is 5. The van der Waals surface area contributed by atoms with E-state index in [1.165, 1.54) is 0 Å². The van der Waals surface area contributed by atoms with Crippen LogP contribution in [-0.2, 0) is 14.3 Å². The number of carbonyl (C=O) groups is 2. The molecule has 7 heteroatoms. The Labute approximate surface area is 147 Å². The normalized spacial score (nSPS) is 17.0. The van der Waals surface area contributed by atoms with Gasteiger partial charge in [-0.1, -0.05) is 30.3 Å². The standard InChI is InChI=1S/C18H25N3O4/c1-3-25-17(22)15-14(12-19-10-7-11-24-2)20-18(23)21-16(15)13-8-5-4-6-9-13/h4-6,8-9,16,19H,3,7,10-12H2,1-2H3,(H2,20,21,23)/t16-/m0/s1. The topological polar surface area (TPSA) is 88.7 Å². The molecule has 2 rings (SSSR count). The molecule has 0 aliphatic carbocycles. The van der Waals surface area contributed by atoms with E-state index in [1.807, 2.05) is 30.3 Å². The third-order valence-electron chi connectivity index (χ3n) is 3.79. The van der Waals surface area contributed by atoms with Crippen LogP contribution in [0.3, 0.4) is 0 Å². The van der Waals surface area contributed by atoms with Crippen molar-refractivity contribution in [3.05, 3.63) is 47.2 Å². The van der Waals surface area contributed by atoms with Gasteiger partial charge in [0.2, 0.25) is 0 Å². The molecule has 25 heavy (non-hydrogen) atoms. The van der Waals surface area contributed by atoms with Gasteiger partial charge in [0.05, 0.1) is 18.2 Å². The summed E-state index contributed by atoms with van der Waals surface area (Å²) in [5, 5.41) is 8.76. The van der Waals surface area contributed by atoms with Crippen molar-refractivity contribution in [3.8, 4) is 0 Å². The number of benzene rings is 1. The molecule has 0 saturated carbocycles. The molecule has 0 spiro atoms. The Bertz CT molecular complexity index is 616. The van der Waals surface area contributed by atoms with Crippen LogP contribution in [0.15, 0.2) is 41.6 Å². The van der Waals surface area contributed by atoms with Crippen LogP contribution >= 0.6 is 0 Å². The van der Waals surface area contributed by atoms with Crippen LogP contribution in [0.5, 0.6) is 0 Å². The number of amides is 2. The van der Waals surface area contributed by atoms with Gasteiger partial charge in [-0.15, -0.1) is 0 Å². The maximum atomic E-state index is 12.5. The number of methoxy groups -OCH3 is 1. The first-order valence-corrected chi connectivity index (χ1v) is 8.39. The molecule has 1 aliphatic rings. The van der Waals surface area contributed by atoms with Crippen LogP contribution in [0.4, 0.5) is 4.79 Å². The molecule has 3 N–H and O–H groups in total. The second-order valence-electron chi connectivity index (χ2n) is 5.58. The van der Waals surface area contributed by atoms with Crippen LogP contribution in [0.2, 0.25) is 0 Å². The van der Waals surface area contributed by atoms with E-state index in [1.54, 1.807) is 14.0 Å². The summed E-state index contributed by atoms with van der Waals surface area (Å²) in [7, 11) is 1.65. The van der Waals surface area contributed by atoms with Crippen molar-refractivity contribution in [2.24, 2.45) is 0 Å². The molecule has 1 aromatic carbocycles. The molecule has 0 radical (unpaired) electrons. The van der Waals surface area contributed by atoms with Gasteiger partial charge in [0.1, 0.15) is 0 Å². The Morgan fingerprint density at radius 1 is 1.28 bits per heavy atom. The summed E-state index contributed by atoms with van der Waals surface area (Å²) >= 11 is 0. The minimum Gasteiger partial charge on any atom is -0.463 e. The van der Waals surface area contributed by atoms with Gasteiger partial charge in [0, 0.05) is 26.0 Å². The van der Waals surface area contributed by atoms with E-state index in [2.05, 4.69) is 16.0 Å². The molecule has 136 valence electrons. The number of esters is 1. The summed E-state index contributed by atoms with van der Waals surface area (Å²) in [4.78, 5) is 24.6. The van der Waals surface area contributed by atoms with Crippen LogP contribution in [-0.4, -0.2) is 45.4 Å². The van der Waals surface area contributed by atoms with Crippen molar-refractivity contribution in [1.29, 1.82) is 0 Å².